The summed E-state index contributed by atoms with van der Waals surface area (Å²) in [5.74, 6) is 0. The Hall–Kier alpha value is -1.40. The molecule has 0 unspecified atom stereocenters. The van der Waals surface area contributed by atoms with Gasteiger partial charge in [-0.1, -0.05) is 0 Å². The SMILES string of the molecule is Cc1nn(CCO)c(C)c1CNc1ccc(Br)nc1. The monoisotopic (exact) mass is 324 g/mol. The summed E-state index contributed by atoms with van der Waals surface area (Å²) in [6, 6.07) is 3.87. The number of nitrogens with one attached hydrogen (secondary N) is 1. The first kappa shape index (κ1) is 14.0. The second-order valence-electron chi connectivity index (χ2n) is 4.32. The highest BCUT2D eigenvalue weighted by Crippen LogP contribution is 2.16. The number of nitrogens with zero attached hydrogens (tertiary/aromatic N) is 3. The topological polar surface area (TPSA) is 63.0 Å². The maximum absolute atomic E-state index is 8.99. The number of aliphatic hydroxyl groups excluding tert-OH is 1. The third-order valence-corrected chi connectivity index (χ3v) is 3.51. The molecule has 0 saturated heterocycles. The van der Waals surface area contributed by atoms with Gasteiger partial charge in [0.05, 0.1) is 30.7 Å². The molecule has 6 heteroatoms. The van der Waals surface area contributed by atoms with E-state index in [4.69, 9.17) is 5.11 Å². The molecule has 19 heavy (non-hydrogen) atoms. The first-order chi connectivity index (χ1) is 9.11. The standard InChI is InChI=1S/C13H17BrN4O/c1-9-12(10(2)18(17-9)5-6-19)8-15-11-3-4-13(14)16-7-11/h3-4,7,15,19H,5-6,8H2,1-2H3. The number of hydrogen-bond donors (Lipinski definition) is 2. The van der Waals surface area contributed by atoms with Crippen molar-refractivity contribution in [2.75, 3.05) is 11.9 Å². The van der Waals surface area contributed by atoms with E-state index in [2.05, 4.69) is 31.3 Å². The van der Waals surface area contributed by atoms with E-state index < -0.39 is 0 Å². The van der Waals surface area contributed by atoms with Crippen LogP contribution in [0.15, 0.2) is 22.9 Å². The van der Waals surface area contributed by atoms with Crippen LogP contribution in [-0.4, -0.2) is 26.5 Å². The Balaban J connectivity index is 2.09. The van der Waals surface area contributed by atoms with Gasteiger partial charge in [0, 0.05) is 17.8 Å². The second kappa shape index (κ2) is 6.16. The molecule has 0 amide bonds. The van der Waals surface area contributed by atoms with E-state index in [0.717, 1.165) is 27.2 Å². The molecule has 2 aromatic rings. The number of aliphatic hydroxyl groups is 1. The Bertz CT molecular complexity index is 551. The van der Waals surface area contributed by atoms with Gasteiger partial charge in [0.2, 0.25) is 0 Å². The molecule has 2 N–H and O–H groups in total. The second-order valence-corrected chi connectivity index (χ2v) is 5.13. The van der Waals surface area contributed by atoms with Gasteiger partial charge < -0.3 is 10.4 Å². The van der Waals surface area contributed by atoms with Gasteiger partial charge >= 0.3 is 0 Å². The van der Waals surface area contributed by atoms with E-state index in [-0.39, 0.29) is 6.61 Å². The minimum atomic E-state index is 0.103. The zero-order valence-electron chi connectivity index (χ0n) is 11.0. The van der Waals surface area contributed by atoms with Gasteiger partial charge in [-0.05, 0) is 41.9 Å². The van der Waals surface area contributed by atoms with Crippen LogP contribution in [0.25, 0.3) is 0 Å². The number of anilines is 1. The summed E-state index contributed by atoms with van der Waals surface area (Å²) < 4.78 is 2.66. The Morgan fingerprint density at radius 1 is 1.37 bits per heavy atom. The third-order valence-electron chi connectivity index (χ3n) is 3.04. The fourth-order valence-electron chi connectivity index (χ4n) is 1.97. The van der Waals surface area contributed by atoms with Crippen LogP contribution in [-0.2, 0) is 13.1 Å². The van der Waals surface area contributed by atoms with Crippen LogP contribution in [0, 0.1) is 13.8 Å². The van der Waals surface area contributed by atoms with Gasteiger partial charge in [0.1, 0.15) is 4.60 Å². The maximum Gasteiger partial charge on any atom is 0.106 e. The average Bonchev–Trinajstić information content (AvgIpc) is 2.65. The van der Waals surface area contributed by atoms with Crippen LogP contribution in [0.1, 0.15) is 17.0 Å². The molecule has 0 atom stereocenters. The lowest BCUT2D eigenvalue weighted by atomic mass is 10.2. The molecule has 2 aromatic heterocycles. The number of aryl methyl sites for hydroxylation is 1. The molecule has 0 bridgehead atoms. The highest BCUT2D eigenvalue weighted by Gasteiger charge is 2.10. The van der Waals surface area contributed by atoms with Gasteiger partial charge in [-0.2, -0.15) is 5.10 Å². The maximum atomic E-state index is 8.99. The van der Waals surface area contributed by atoms with E-state index in [1.807, 2.05) is 30.7 Å². The van der Waals surface area contributed by atoms with Gasteiger partial charge in [0.15, 0.2) is 0 Å². The summed E-state index contributed by atoms with van der Waals surface area (Å²) in [7, 11) is 0. The molecule has 5 nitrogen and oxygen atoms in total. The summed E-state index contributed by atoms with van der Waals surface area (Å²) in [4.78, 5) is 4.17. The minimum Gasteiger partial charge on any atom is -0.394 e. The highest BCUT2D eigenvalue weighted by atomic mass is 79.9. The van der Waals surface area contributed by atoms with Crippen molar-refractivity contribution >= 4 is 21.6 Å². The largest absolute Gasteiger partial charge is 0.394 e. The zero-order valence-corrected chi connectivity index (χ0v) is 12.6. The summed E-state index contributed by atoms with van der Waals surface area (Å²) >= 11 is 3.31. The average molecular weight is 325 g/mol. The predicted octanol–water partition coefficient (Wildman–Crippen LogP) is 2.26. The minimum absolute atomic E-state index is 0.103. The van der Waals surface area contributed by atoms with E-state index >= 15 is 0 Å². The molecule has 0 aromatic carbocycles. The van der Waals surface area contributed by atoms with Crippen molar-refractivity contribution in [2.45, 2.75) is 26.9 Å². The normalized spacial score (nSPS) is 10.7. The molecule has 2 rings (SSSR count). The number of rotatable bonds is 5. The number of hydrogen-bond acceptors (Lipinski definition) is 4. The lowest BCUT2D eigenvalue weighted by Gasteiger charge is -2.07. The predicted molar refractivity (Wildman–Crippen MR) is 78.1 cm³/mol. The quantitative estimate of drug-likeness (QED) is 0.828. The van der Waals surface area contributed by atoms with Gasteiger partial charge in [-0.25, -0.2) is 4.98 Å². The van der Waals surface area contributed by atoms with E-state index in [0.29, 0.717) is 13.1 Å². The Morgan fingerprint density at radius 2 is 2.16 bits per heavy atom. The van der Waals surface area contributed by atoms with Gasteiger partial charge in [0.25, 0.3) is 0 Å². The van der Waals surface area contributed by atoms with Crippen LogP contribution in [0.5, 0.6) is 0 Å². The zero-order chi connectivity index (χ0) is 13.8. The first-order valence-corrected chi connectivity index (χ1v) is 6.90. The van der Waals surface area contributed by atoms with E-state index in [9.17, 15) is 0 Å². The Morgan fingerprint density at radius 3 is 2.79 bits per heavy atom. The highest BCUT2D eigenvalue weighted by molar-refractivity contribution is 9.10. The summed E-state index contributed by atoms with van der Waals surface area (Å²) in [6.07, 6.45) is 1.78. The molecule has 0 aliphatic heterocycles. The summed E-state index contributed by atoms with van der Waals surface area (Å²) in [5, 5.41) is 16.7. The van der Waals surface area contributed by atoms with Gasteiger partial charge in [-0.15, -0.1) is 0 Å². The smallest absolute Gasteiger partial charge is 0.106 e. The van der Waals surface area contributed by atoms with Crippen molar-refractivity contribution in [3.63, 3.8) is 0 Å². The molecule has 0 aliphatic carbocycles. The fraction of sp³-hybridized carbons (Fsp3) is 0.385. The van der Waals surface area contributed by atoms with Crippen LogP contribution in [0.3, 0.4) is 0 Å². The van der Waals surface area contributed by atoms with E-state index in [1.165, 1.54) is 0 Å². The molecule has 2 heterocycles. The number of halogens is 1. The van der Waals surface area contributed by atoms with Crippen LogP contribution >= 0.6 is 15.9 Å². The van der Waals surface area contributed by atoms with Crippen molar-refractivity contribution in [1.29, 1.82) is 0 Å². The Labute approximate surface area is 120 Å². The molecular formula is C13H17BrN4O. The third kappa shape index (κ3) is 3.33. The summed E-state index contributed by atoms with van der Waals surface area (Å²) in [6.45, 7) is 5.34. The van der Waals surface area contributed by atoms with Crippen LogP contribution < -0.4 is 5.32 Å². The lowest BCUT2D eigenvalue weighted by molar-refractivity contribution is 0.268. The van der Waals surface area contributed by atoms with Crippen molar-refractivity contribution < 1.29 is 5.11 Å². The van der Waals surface area contributed by atoms with Crippen molar-refractivity contribution in [1.82, 2.24) is 14.8 Å². The van der Waals surface area contributed by atoms with Crippen LogP contribution in [0.2, 0.25) is 0 Å². The van der Waals surface area contributed by atoms with Crippen LogP contribution in [0.4, 0.5) is 5.69 Å². The molecule has 0 radical (unpaired) electrons. The fourth-order valence-corrected chi connectivity index (χ4v) is 2.21. The van der Waals surface area contributed by atoms with Crippen molar-refractivity contribution in [3.05, 3.63) is 39.9 Å². The molecule has 0 saturated carbocycles. The Kier molecular flexibility index (Phi) is 4.55. The summed E-state index contributed by atoms with van der Waals surface area (Å²) in [5.41, 5.74) is 4.21. The van der Waals surface area contributed by atoms with Crippen molar-refractivity contribution in [2.24, 2.45) is 0 Å². The molecular weight excluding hydrogens is 308 g/mol. The van der Waals surface area contributed by atoms with Gasteiger partial charge in [-0.3, -0.25) is 4.68 Å². The number of aromatic nitrogens is 3. The molecule has 102 valence electrons. The lowest BCUT2D eigenvalue weighted by Crippen LogP contribution is -2.07. The molecule has 0 spiro atoms. The molecule has 0 aliphatic rings. The molecule has 0 fully saturated rings. The van der Waals surface area contributed by atoms with Crippen molar-refractivity contribution in [3.8, 4) is 0 Å². The van der Waals surface area contributed by atoms with E-state index in [1.54, 1.807) is 6.20 Å². The number of pyridine rings is 1. The first-order valence-electron chi connectivity index (χ1n) is 6.11.